The van der Waals surface area contributed by atoms with Crippen molar-refractivity contribution in [1.29, 1.82) is 5.26 Å². The molecule has 0 amide bonds. The van der Waals surface area contributed by atoms with Crippen LogP contribution in [-0.2, 0) is 0 Å². The van der Waals surface area contributed by atoms with E-state index in [1.165, 1.54) is 0 Å². The number of nitriles is 1. The maximum Gasteiger partial charge on any atom is 0.233 e. The molecule has 2 rings (SSSR count). The van der Waals surface area contributed by atoms with Crippen LogP contribution in [0.5, 0.6) is 11.6 Å². The maximum atomic E-state index is 8.95. The van der Waals surface area contributed by atoms with E-state index in [2.05, 4.69) is 27.0 Å². The predicted octanol–water partition coefficient (Wildman–Crippen LogP) is 3.82. The Morgan fingerprint density at radius 3 is 2.82 bits per heavy atom. The molecule has 0 bridgehead atoms. The molecule has 0 aliphatic heterocycles. The third-order valence-corrected chi connectivity index (χ3v) is 2.73. The van der Waals surface area contributed by atoms with Gasteiger partial charge >= 0.3 is 0 Å². The Bertz CT molecular complexity index is 590. The minimum absolute atomic E-state index is 0.457. The lowest BCUT2D eigenvalue weighted by Gasteiger charge is -2.08. The summed E-state index contributed by atoms with van der Waals surface area (Å²) in [5.74, 6) is 0.963. The summed E-state index contributed by atoms with van der Waals surface area (Å²) in [7, 11) is 0. The third kappa shape index (κ3) is 2.63. The number of rotatable bonds is 2. The predicted molar refractivity (Wildman–Crippen MR) is 67.9 cm³/mol. The largest absolute Gasteiger partial charge is 0.436 e. The van der Waals surface area contributed by atoms with E-state index in [0.717, 1.165) is 10.0 Å². The van der Waals surface area contributed by atoms with Gasteiger partial charge in [-0.2, -0.15) is 5.26 Å². The van der Waals surface area contributed by atoms with Crippen LogP contribution in [0, 0.1) is 18.3 Å². The number of para-hydroxylation sites is 1. The molecule has 1 aromatic carbocycles. The smallest absolute Gasteiger partial charge is 0.233 e. The van der Waals surface area contributed by atoms with E-state index < -0.39 is 0 Å². The number of ether oxygens (including phenoxy) is 1. The number of aromatic nitrogens is 1. The molecule has 4 heteroatoms. The van der Waals surface area contributed by atoms with Gasteiger partial charge in [0.25, 0.3) is 0 Å². The fourth-order valence-corrected chi connectivity index (χ4v) is 1.89. The lowest BCUT2D eigenvalue weighted by molar-refractivity contribution is 0.458. The highest BCUT2D eigenvalue weighted by atomic mass is 79.9. The van der Waals surface area contributed by atoms with Gasteiger partial charge in [0.1, 0.15) is 11.8 Å². The van der Waals surface area contributed by atoms with Crippen LogP contribution in [0.3, 0.4) is 0 Å². The second-order valence-electron chi connectivity index (χ2n) is 3.51. The molecule has 0 aliphatic carbocycles. The van der Waals surface area contributed by atoms with Crippen LogP contribution in [0.15, 0.2) is 41.0 Å². The molecule has 0 saturated heterocycles. The average molecular weight is 289 g/mol. The molecule has 1 aromatic heterocycles. The molecule has 0 atom stereocenters. The average Bonchev–Trinajstić information content (AvgIpc) is 2.33. The molecule has 0 aliphatic rings. The summed E-state index contributed by atoms with van der Waals surface area (Å²) in [5, 5.41) is 8.95. The Morgan fingerprint density at radius 1 is 1.35 bits per heavy atom. The van der Waals surface area contributed by atoms with Crippen molar-refractivity contribution in [2.45, 2.75) is 6.92 Å². The van der Waals surface area contributed by atoms with E-state index in [1.807, 2.05) is 19.1 Å². The number of halogens is 1. The van der Waals surface area contributed by atoms with Gasteiger partial charge < -0.3 is 4.74 Å². The molecule has 3 nitrogen and oxygen atoms in total. The third-order valence-electron chi connectivity index (χ3n) is 2.16. The van der Waals surface area contributed by atoms with Crippen molar-refractivity contribution in [2.75, 3.05) is 0 Å². The molecule has 0 saturated carbocycles. The summed E-state index contributed by atoms with van der Waals surface area (Å²) in [6.07, 6.45) is 1.72. The second kappa shape index (κ2) is 4.98. The Balaban J connectivity index is 2.35. The molecule has 0 unspecified atom stereocenters. The summed E-state index contributed by atoms with van der Waals surface area (Å²) in [6, 6.07) is 11.1. The van der Waals surface area contributed by atoms with Crippen LogP contribution in [-0.4, -0.2) is 4.98 Å². The lowest BCUT2D eigenvalue weighted by Crippen LogP contribution is -1.92. The number of hydrogen-bond donors (Lipinski definition) is 0. The standard InChI is InChI=1S/C13H9BrN2O/c1-9-6-11(14)13(16-8-9)17-12-5-3-2-4-10(12)7-15/h2-6,8H,1H3. The number of aryl methyl sites for hydroxylation is 1. The maximum absolute atomic E-state index is 8.95. The van der Waals surface area contributed by atoms with Gasteiger partial charge in [-0.1, -0.05) is 12.1 Å². The fraction of sp³-hybridized carbons (Fsp3) is 0.0769. The normalized spacial score (nSPS) is 9.71. The number of nitrogens with zero attached hydrogens (tertiary/aromatic N) is 2. The number of pyridine rings is 1. The van der Waals surface area contributed by atoms with E-state index in [1.54, 1.807) is 24.4 Å². The van der Waals surface area contributed by atoms with Crippen LogP contribution in [0.1, 0.15) is 11.1 Å². The highest BCUT2D eigenvalue weighted by molar-refractivity contribution is 9.10. The molecule has 0 N–H and O–H groups in total. The van der Waals surface area contributed by atoms with Crippen molar-refractivity contribution in [3.8, 4) is 17.7 Å². The summed E-state index contributed by atoms with van der Waals surface area (Å²) in [6.45, 7) is 1.95. The molecular weight excluding hydrogens is 280 g/mol. The first-order chi connectivity index (χ1) is 8.20. The quantitative estimate of drug-likeness (QED) is 0.844. The molecule has 0 radical (unpaired) electrons. The Morgan fingerprint density at radius 2 is 2.12 bits per heavy atom. The minimum atomic E-state index is 0.457. The van der Waals surface area contributed by atoms with Gasteiger partial charge in [0.2, 0.25) is 5.88 Å². The molecule has 0 spiro atoms. The lowest BCUT2D eigenvalue weighted by atomic mass is 10.2. The summed E-state index contributed by atoms with van der Waals surface area (Å²) < 4.78 is 6.37. The highest BCUT2D eigenvalue weighted by Crippen LogP contribution is 2.29. The van der Waals surface area contributed by atoms with Gasteiger partial charge in [-0.25, -0.2) is 4.98 Å². The van der Waals surface area contributed by atoms with Crippen LogP contribution in [0.2, 0.25) is 0 Å². The van der Waals surface area contributed by atoms with Crippen molar-refractivity contribution in [1.82, 2.24) is 4.98 Å². The zero-order valence-corrected chi connectivity index (χ0v) is 10.7. The number of benzene rings is 1. The Hall–Kier alpha value is -1.86. The molecule has 1 heterocycles. The Labute approximate surface area is 108 Å². The summed E-state index contributed by atoms with van der Waals surface area (Å²) in [4.78, 5) is 4.17. The van der Waals surface area contributed by atoms with Gasteiger partial charge in [-0.05, 0) is 46.6 Å². The molecule has 17 heavy (non-hydrogen) atoms. The van der Waals surface area contributed by atoms with Gasteiger partial charge in [0.05, 0.1) is 10.0 Å². The van der Waals surface area contributed by atoms with Crippen molar-refractivity contribution < 1.29 is 4.74 Å². The van der Waals surface area contributed by atoms with E-state index in [9.17, 15) is 0 Å². The summed E-state index contributed by atoms with van der Waals surface area (Å²) in [5.41, 5.74) is 1.53. The SMILES string of the molecule is Cc1cnc(Oc2ccccc2C#N)c(Br)c1. The zero-order valence-electron chi connectivity index (χ0n) is 9.14. The van der Waals surface area contributed by atoms with Gasteiger partial charge in [-0.3, -0.25) is 0 Å². The molecule has 0 fully saturated rings. The van der Waals surface area contributed by atoms with Crippen molar-refractivity contribution in [3.63, 3.8) is 0 Å². The highest BCUT2D eigenvalue weighted by Gasteiger charge is 2.07. The van der Waals surface area contributed by atoms with Crippen LogP contribution in [0.25, 0.3) is 0 Å². The topological polar surface area (TPSA) is 45.9 Å². The second-order valence-corrected chi connectivity index (χ2v) is 4.36. The monoisotopic (exact) mass is 288 g/mol. The van der Waals surface area contributed by atoms with Crippen LogP contribution < -0.4 is 4.74 Å². The van der Waals surface area contributed by atoms with E-state index in [0.29, 0.717) is 17.2 Å². The zero-order chi connectivity index (χ0) is 12.3. The molecule has 2 aromatic rings. The first-order valence-corrected chi connectivity index (χ1v) is 5.79. The van der Waals surface area contributed by atoms with Crippen molar-refractivity contribution >= 4 is 15.9 Å². The van der Waals surface area contributed by atoms with Gasteiger partial charge in [0.15, 0.2) is 0 Å². The van der Waals surface area contributed by atoms with Crippen LogP contribution >= 0.6 is 15.9 Å². The van der Waals surface area contributed by atoms with Gasteiger partial charge in [-0.15, -0.1) is 0 Å². The first-order valence-electron chi connectivity index (χ1n) is 5.00. The van der Waals surface area contributed by atoms with E-state index >= 15 is 0 Å². The van der Waals surface area contributed by atoms with E-state index in [-0.39, 0.29) is 0 Å². The van der Waals surface area contributed by atoms with Crippen molar-refractivity contribution in [3.05, 3.63) is 52.1 Å². The number of hydrogen-bond acceptors (Lipinski definition) is 3. The minimum Gasteiger partial charge on any atom is -0.436 e. The fourth-order valence-electron chi connectivity index (χ4n) is 1.35. The first kappa shape index (κ1) is 11.6. The molecule has 84 valence electrons. The van der Waals surface area contributed by atoms with Gasteiger partial charge in [0, 0.05) is 6.20 Å². The van der Waals surface area contributed by atoms with Crippen LogP contribution in [0.4, 0.5) is 0 Å². The Kier molecular flexibility index (Phi) is 3.40. The van der Waals surface area contributed by atoms with E-state index in [4.69, 9.17) is 10.00 Å². The summed E-state index contributed by atoms with van der Waals surface area (Å²) >= 11 is 3.38. The van der Waals surface area contributed by atoms with Crippen molar-refractivity contribution in [2.24, 2.45) is 0 Å². The molecular formula is C13H9BrN2O.